The van der Waals surface area contributed by atoms with Crippen molar-refractivity contribution in [1.82, 2.24) is 10.3 Å². The number of nitrogens with one attached hydrogen (secondary N) is 1. The van der Waals surface area contributed by atoms with Crippen LogP contribution in [0.4, 0.5) is 0 Å². The van der Waals surface area contributed by atoms with E-state index in [9.17, 15) is 0 Å². The molecule has 0 aliphatic heterocycles. The molecule has 1 aromatic heterocycles. The Balaban J connectivity index is 2.28. The molecule has 5 nitrogen and oxygen atoms in total. The first-order chi connectivity index (χ1) is 9.65. The van der Waals surface area contributed by atoms with Crippen molar-refractivity contribution in [3.63, 3.8) is 0 Å². The second-order valence-electron chi connectivity index (χ2n) is 4.69. The van der Waals surface area contributed by atoms with E-state index >= 15 is 0 Å². The molecule has 0 aliphatic carbocycles. The van der Waals surface area contributed by atoms with Crippen molar-refractivity contribution in [2.75, 3.05) is 14.2 Å². The van der Waals surface area contributed by atoms with Crippen LogP contribution in [0, 0.1) is 0 Å². The molecule has 1 aromatic carbocycles. The van der Waals surface area contributed by atoms with E-state index in [2.05, 4.69) is 24.1 Å². The summed E-state index contributed by atoms with van der Waals surface area (Å²) in [5, 5.41) is 3.27. The van der Waals surface area contributed by atoms with Gasteiger partial charge in [-0.1, -0.05) is 19.9 Å². The molecule has 1 N–H and O–H groups in total. The first-order valence-electron chi connectivity index (χ1n) is 6.55. The number of methoxy groups -OCH3 is 2. The maximum atomic E-state index is 5.75. The number of para-hydroxylation sites is 1. The van der Waals surface area contributed by atoms with Crippen LogP contribution in [0.1, 0.15) is 19.7 Å². The Morgan fingerprint density at radius 1 is 1.25 bits per heavy atom. The largest absolute Gasteiger partial charge is 0.493 e. The minimum Gasteiger partial charge on any atom is -0.493 e. The van der Waals surface area contributed by atoms with Crippen molar-refractivity contribution < 1.29 is 13.9 Å². The fraction of sp³-hybridized carbons (Fsp3) is 0.400. The molecule has 0 saturated heterocycles. The number of oxazole rings is 1. The molecule has 108 valence electrons. The first-order valence-corrected chi connectivity index (χ1v) is 6.55. The fourth-order valence-electron chi connectivity index (χ4n) is 1.89. The van der Waals surface area contributed by atoms with Crippen molar-refractivity contribution in [2.24, 2.45) is 0 Å². The van der Waals surface area contributed by atoms with Gasteiger partial charge in [0.25, 0.3) is 0 Å². The summed E-state index contributed by atoms with van der Waals surface area (Å²) in [5.41, 5.74) is 0.829. The number of ether oxygens (including phenoxy) is 2. The third kappa shape index (κ3) is 3.11. The van der Waals surface area contributed by atoms with Gasteiger partial charge in [0.05, 0.1) is 32.5 Å². The summed E-state index contributed by atoms with van der Waals surface area (Å²) in [7, 11) is 3.22. The van der Waals surface area contributed by atoms with Gasteiger partial charge in [0, 0.05) is 6.04 Å². The van der Waals surface area contributed by atoms with Crippen LogP contribution in [0.25, 0.3) is 11.3 Å². The SMILES string of the molecule is COc1cccc(-c2cnc(CNC(C)C)o2)c1OC. The predicted octanol–water partition coefficient (Wildman–Crippen LogP) is 2.86. The molecule has 0 amide bonds. The summed E-state index contributed by atoms with van der Waals surface area (Å²) < 4.78 is 16.4. The molecule has 5 heteroatoms. The zero-order valence-electron chi connectivity index (χ0n) is 12.3. The Morgan fingerprint density at radius 3 is 2.70 bits per heavy atom. The molecule has 0 unspecified atom stereocenters. The van der Waals surface area contributed by atoms with E-state index in [1.54, 1.807) is 20.4 Å². The van der Waals surface area contributed by atoms with Crippen molar-refractivity contribution in [3.05, 3.63) is 30.3 Å². The second kappa shape index (κ2) is 6.43. The molecule has 0 atom stereocenters. The van der Waals surface area contributed by atoms with Gasteiger partial charge in [-0.15, -0.1) is 0 Å². The summed E-state index contributed by atoms with van der Waals surface area (Å²) in [4.78, 5) is 4.27. The van der Waals surface area contributed by atoms with E-state index in [-0.39, 0.29) is 0 Å². The van der Waals surface area contributed by atoms with E-state index in [0.717, 1.165) is 5.56 Å². The van der Waals surface area contributed by atoms with Crippen LogP contribution in [-0.2, 0) is 6.54 Å². The quantitative estimate of drug-likeness (QED) is 0.879. The van der Waals surface area contributed by atoms with E-state index in [1.165, 1.54) is 0 Å². The molecule has 0 fully saturated rings. The van der Waals surface area contributed by atoms with Crippen molar-refractivity contribution in [3.8, 4) is 22.8 Å². The Hall–Kier alpha value is -2.01. The van der Waals surface area contributed by atoms with E-state index < -0.39 is 0 Å². The molecular formula is C15H20N2O3. The van der Waals surface area contributed by atoms with E-state index in [0.29, 0.717) is 35.7 Å². The molecule has 0 saturated carbocycles. The number of hydrogen-bond donors (Lipinski definition) is 1. The molecule has 0 radical (unpaired) electrons. The lowest BCUT2D eigenvalue weighted by Gasteiger charge is -2.10. The van der Waals surface area contributed by atoms with Crippen LogP contribution in [0.3, 0.4) is 0 Å². The molecular weight excluding hydrogens is 256 g/mol. The van der Waals surface area contributed by atoms with Gasteiger partial charge in [0.1, 0.15) is 0 Å². The van der Waals surface area contributed by atoms with Crippen LogP contribution in [-0.4, -0.2) is 25.2 Å². The van der Waals surface area contributed by atoms with E-state index in [1.807, 2.05) is 18.2 Å². The van der Waals surface area contributed by atoms with Gasteiger partial charge in [0.15, 0.2) is 17.3 Å². The number of hydrogen-bond acceptors (Lipinski definition) is 5. The molecule has 0 bridgehead atoms. The van der Waals surface area contributed by atoms with Gasteiger partial charge in [-0.3, -0.25) is 0 Å². The van der Waals surface area contributed by atoms with Crippen LogP contribution in [0.2, 0.25) is 0 Å². The maximum absolute atomic E-state index is 5.75. The third-order valence-electron chi connectivity index (χ3n) is 2.88. The lowest BCUT2D eigenvalue weighted by atomic mass is 10.1. The van der Waals surface area contributed by atoms with Crippen LogP contribution in [0.15, 0.2) is 28.8 Å². The molecule has 2 aromatic rings. The van der Waals surface area contributed by atoms with Crippen LogP contribution < -0.4 is 14.8 Å². The van der Waals surface area contributed by atoms with Crippen molar-refractivity contribution in [2.45, 2.75) is 26.4 Å². The summed E-state index contributed by atoms with van der Waals surface area (Å²) in [6, 6.07) is 6.05. The Labute approximate surface area is 118 Å². The number of benzene rings is 1. The van der Waals surface area contributed by atoms with Crippen LogP contribution in [0.5, 0.6) is 11.5 Å². The number of nitrogens with zero attached hydrogens (tertiary/aromatic N) is 1. The summed E-state index contributed by atoms with van der Waals surface area (Å²) in [6.45, 7) is 4.76. The Morgan fingerprint density at radius 2 is 2.05 bits per heavy atom. The molecule has 2 rings (SSSR count). The van der Waals surface area contributed by atoms with Gasteiger partial charge in [-0.25, -0.2) is 4.98 Å². The highest BCUT2D eigenvalue weighted by Gasteiger charge is 2.15. The van der Waals surface area contributed by atoms with Gasteiger partial charge in [-0.2, -0.15) is 0 Å². The standard InChI is InChI=1S/C15H20N2O3/c1-10(2)16-9-14-17-8-13(20-14)11-6-5-7-12(18-3)15(11)19-4/h5-8,10,16H,9H2,1-4H3. The van der Waals surface area contributed by atoms with Crippen LogP contribution >= 0.6 is 0 Å². The molecule has 0 aliphatic rings. The fourth-order valence-corrected chi connectivity index (χ4v) is 1.89. The summed E-state index contributed by atoms with van der Waals surface area (Å²) in [5.74, 6) is 2.64. The van der Waals surface area contributed by atoms with Gasteiger partial charge in [-0.05, 0) is 12.1 Å². The molecule has 20 heavy (non-hydrogen) atoms. The third-order valence-corrected chi connectivity index (χ3v) is 2.88. The zero-order chi connectivity index (χ0) is 14.5. The van der Waals surface area contributed by atoms with Gasteiger partial charge >= 0.3 is 0 Å². The highest BCUT2D eigenvalue weighted by atomic mass is 16.5. The minimum atomic E-state index is 0.386. The predicted molar refractivity (Wildman–Crippen MR) is 77.0 cm³/mol. The van der Waals surface area contributed by atoms with Gasteiger partial charge in [0.2, 0.25) is 5.89 Å². The number of rotatable bonds is 6. The highest BCUT2D eigenvalue weighted by molar-refractivity contribution is 5.69. The number of aromatic nitrogens is 1. The molecule has 1 heterocycles. The lowest BCUT2D eigenvalue weighted by Crippen LogP contribution is -2.21. The minimum absolute atomic E-state index is 0.386. The van der Waals surface area contributed by atoms with Crippen molar-refractivity contribution in [1.29, 1.82) is 0 Å². The molecule has 0 spiro atoms. The Kier molecular flexibility index (Phi) is 4.63. The average Bonchev–Trinajstić information content (AvgIpc) is 2.92. The summed E-state index contributed by atoms with van der Waals surface area (Å²) >= 11 is 0. The Bertz CT molecular complexity index is 564. The smallest absolute Gasteiger partial charge is 0.208 e. The highest BCUT2D eigenvalue weighted by Crippen LogP contribution is 2.37. The zero-order valence-corrected chi connectivity index (χ0v) is 12.3. The van der Waals surface area contributed by atoms with Crippen molar-refractivity contribution >= 4 is 0 Å². The maximum Gasteiger partial charge on any atom is 0.208 e. The van der Waals surface area contributed by atoms with E-state index in [4.69, 9.17) is 13.9 Å². The summed E-state index contributed by atoms with van der Waals surface area (Å²) in [6.07, 6.45) is 1.70. The normalized spacial score (nSPS) is 10.8. The monoisotopic (exact) mass is 276 g/mol. The average molecular weight is 276 g/mol. The lowest BCUT2D eigenvalue weighted by molar-refractivity contribution is 0.355. The van der Waals surface area contributed by atoms with Gasteiger partial charge < -0.3 is 19.2 Å². The second-order valence-corrected chi connectivity index (χ2v) is 4.69. The topological polar surface area (TPSA) is 56.5 Å². The first kappa shape index (κ1) is 14.4.